The number of amides is 2. The van der Waals surface area contributed by atoms with Crippen molar-refractivity contribution < 1.29 is 23.8 Å². The number of methoxy groups -OCH3 is 1. The van der Waals surface area contributed by atoms with Crippen LogP contribution in [0.2, 0.25) is 0 Å². The lowest BCUT2D eigenvalue weighted by molar-refractivity contribution is -0.124. The number of fused-ring (bicyclic) bond motifs is 5. The lowest BCUT2D eigenvalue weighted by Gasteiger charge is -2.38. The number of nitrogens with zero attached hydrogens (tertiary/aromatic N) is 2. The van der Waals surface area contributed by atoms with Crippen molar-refractivity contribution in [1.29, 1.82) is 0 Å². The van der Waals surface area contributed by atoms with Gasteiger partial charge in [-0.05, 0) is 61.6 Å². The van der Waals surface area contributed by atoms with E-state index < -0.39 is 0 Å². The summed E-state index contributed by atoms with van der Waals surface area (Å²) in [5.74, 6) is 1.81. The second kappa shape index (κ2) is 11.5. The lowest BCUT2D eigenvalue weighted by atomic mass is 10.0. The maximum absolute atomic E-state index is 13.4. The van der Waals surface area contributed by atoms with Crippen LogP contribution in [0.4, 0.5) is 0 Å². The normalized spacial score (nSPS) is 19.9. The number of carbonyl (C=O) groups is 2. The minimum Gasteiger partial charge on any atom is -0.493 e. The quantitative estimate of drug-likeness (QED) is 0.524. The lowest BCUT2D eigenvalue weighted by Crippen LogP contribution is -2.57. The molecule has 3 heterocycles. The van der Waals surface area contributed by atoms with Gasteiger partial charge in [-0.1, -0.05) is 25.1 Å². The van der Waals surface area contributed by atoms with Crippen LogP contribution in [0.1, 0.15) is 51.3 Å². The van der Waals surface area contributed by atoms with Crippen LogP contribution in [0, 0.1) is 6.92 Å². The molecule has 9 heteroatoms. The predicted octanol–water partition coefficient (Wildman–Crippen LogP) is 4.68. The molecular weight excluding hydrogens is 502 g/mol. The molecule has 1 saturated heterocycles. The molecule has 1 N–H and O–H groups in total. The molecule has 0 radical (unpaired) electrons. The zero-order chi connectivity index (χ0) is 26.6. The Morgan fingerprint density at radius 3 is 2.87 bits per heavy atom. The Morgan fingerprint density at radius 2 is 2.08 bits per heavy atom. The molecule has 2 aromatic carbocycles. The Morgan fingerprint density at radius 1 is 1.21 bits per heavy atom. The first-order valence-corrected chi connectivity index (χ1v) is 13.9. The fourth-order valence-electron chi connectivity index (χ4n) is 4.92. The summed E-state index contributed by atoms with van der Waals surface area (Å²) in [6.07, 6.45) is 2.07. The number of thiazole rings is 1. The number of rotatable bonds is 3. The van der Waals surface area contributed by atoms with E-state index in [2.05, 4.69) is 10.3 Å². The average molecular weight is 536 g/mol. The van der Waals surface area contributed by atoms with Crippen molar-refractivity contribution in [3.8, 4) is 17.2 Å². The maximum atomic E-state index is 13.4. The van der Waals surface area contributed by atoms with Gasteiger partial charge in [0.2, 0.25) is 5.91 Å². The number of benzene rings is 2. The third-order valence-corrected chi connectivity index (χ3v) is 8.27. The average Bonchev–Trinajstić information content (AvgIpc) is 3.31. The monoisotopic (exact) mass is 535 g/mol. The van der Waals surface area contributed by atoms with E-state index in [9.17, 15) is 9.59 Å². The Labute approximate surface area is 226 Å². The number of hydrogen-bond acceptors (Lipinski definition) is 7. The smallest absolute Gasteiger partial charge is 0.265 e. The molecule has 38 heavy (non-hydrogen) atoms. The van der Waals surface area contributed by atoms with Gasteiger partial charge in [-0.25, -0.2) is 4.98 Å². The number of piperidine rings is 1. The highest BCUT2D eigenvalue weighted by Gasteiger charge is 2.34. The molecule has 2 amide bonds. The molecule has 3 aromatic rings. The SMILES string of the molecule is CCc1nc(C)c(C(=O)N2CC[C@H]3OCc4cccc(c4)Oc4cc(ccc4OC)CCC(=O)N[C@H]3C2)s1. The summed E-state index contributed by atoms with van der Waals surface area (Å²) in [7, 11) is 1.61. The summed E-state index contributed by atoms with van der Waals surface area (Å²) in [5, 5.41) is 4.12. The maximum Gasteiger partial charge on any atom is 0.265 e. The molecule has 0 saturated carbocycles. The Kier molecular flexibility index (Phi) is 7.95. The summed E-state index contributed by atoms with van der Waals surface area (Å²) in [4.78, 5) is 33.5. The van der Waals surface area contributed by atoms with Gasteiger partial charge in [-0.3, -0.25) is 9.59 Å². The highest BCUT2D eigenvalue weighted by Crippen LogP contribution is 2.33. The summed E-state index contributed by atoms with van der Waals surface area (Å²) in [6.45, 7) is 5.24. The number of aromatic nitrogens is 1. The van der Waals surface area contributed by atoms with Gasteiger partial charge in [-0.2, -0.15) is 0 Å². The highest BCUT2D eigenvalue weighted by atomic mass is 32.1. The van der Waals surface area contributed by atoms with E-state index in [1.54, 1.807) is 7.11 Å². The zero-order valence-electron chi connectivity index (χ0n) is 22.0. The molecule has 1 fully saturated rings. The molecular formula is C29H33N3O5S. The predicted molar refractivity (Wildman–Crippen MR) is 145 cm³/mol. The van der Waals surface area contributed by atoms with E-state index in [1.165, 1.54) is 11.3 Å². The van der Waals surface area contributed by atoms with Crippen molar-refractivity contribution >= 4 is 23.2 Å². The van der Waals surface area contributed by atoms with E-state index in [0.29, 0.717) is 61.1 Å². The van der Waals surface area contributed by atoms with Crippen molar-refractivity contribution in [2.45, 2.75) is 58.3 Å². The van der Waals surface area contributed by atoms with Crippen LogP contribution < -0.4 is 14.8 Å². The fraction of sp³-hybridized carbons (Fsp3) is 0.414. The van der Waals surface area contributed by atoms with Crippen LogP contribution in [-0.2, 0) is 29.0 Å². The topological polar surface area (TPSA) is 90.0 Å². The molecule has 2 aliphatic heterocycles. The van der Waals surface area contributed by atoms with Crippen molar-refractivity contribution in [3.63, 3.8) is 0 Å². The standard InChI is InChI=1S/C29H33N3O5S/c1-4-27-30-18(2)28(38-27)29(34)32-13-12-23-22(16-32)31-26(33)11-9-19-8-10-24(35-3)25(15-19)37-21-7-5-6-20(14-21)17-36-23/h5-8,10,14-15,22-23H,4,9,11-13,16-17H2,1-3H3,(H,31,33)/t22-,23+/m0/s1. The molecule has 4 bridgehead atoms. The molecule has 5 rings (SSSR count). The van der Waals surface area contributed by atoms with Gasteiger partial charge in [0.15, 0.2) is 11.5 Å². The van der Waals surface area contributed by atoms with E-state index in [4.69, 9.17) is 14.2 Å². The summed E-state index contributed by atoms with van der Waals surface area (Å²) in [6, 6.07) is 13.2. The first-order valence-electron chi connectivity index (χ1n) is 13.0. The van der Waals surface area contributed by atoms with Crippen LogP contribution in [0.5, 0.6) is 17.2 Å². The minimum absolute atomic E-state index is 0.0288. The van der Waals surface area contributed by atoms with Gasteiger partial charge in [0.1, 0.15) is 10.6 Å². The molecule has 0 unspecified atom stereocenters. The molecule has 8 nitrogen and oxygen atoms in total. The van der Waals surface area contributed by atoms with Crippen molar-refractivity contribution in [3.05, 3.63) is 69.2 Å². The van der Waals surface area contributed by atoms with Crippen LogP contribution in [0.25, 0.3) is 0 Å². The van der Waals surface area contributed by atoms with Gasteiger partial charge in [-0.15, -0.1) is 11.3 Å². The van der Waals surface area contributed by atoms with E-state index >= 15 is 0 Å². The number of aryl methyl sites for hydroxylation is 3. The van der Waals surface area contributed by atoms with Crippen LogP contribution in [0.15, 0.2) is 42.5 Å². The Bertz CT molecular complexity index is 1320. The molecule has 200 valence electrons. The van der Waals surface area contributed by atoms with Crippen LogP contribution >= 0.6 is 11.3 Å². The minimum atomic E-state index is -0.310. The fourth-order valence-corrected chi connectivity index (χ4v) is 5.89. The van der Waals surface area contributed by atoms with E-state index in [1.807, 2.05) is 61.2 Å². The van der Waals surface area contributed by atoms with Gasteiger partial charge >= 0.3 is 0 Å². The van der Waals surface area contributed by atoms with E-state index in [-0.39, 0.29) is 24.0 Å². The first kappa shape index (κ1) is 26.2. The van der Waals surface area contributed by atoms with Gasteiger partial charge in [0, 0.05) is 19.5 Å². The Balaban J connectivity index is 1.38. The summed E-state index contributed by atoms with van der Waals surface area (Å²) >= 11 is 1.46. The highest BCUT2D eigenvalue weighted by molar-refractivity contribution is 7.13. The number of nitrogens with one attached hydrogen (secondary N) is 1. The Hall–Kier alpha value is -3.43. The number of hydrogen-bond donors (Lipinski definition) is 1. The van der Waals surface area contributed by atoms with Crippen molar-refractivity contribution in [2.24, 2.45) is 0 Å². The number of carbonyl (C=O) groups excluding carboxylic acids is 2. The summed E-state index contributed by atoms with van der Waals surface area (Å²) < 4.78 is 18.0. The number of likely N-dealkylation sites (tertiary alicyclic amines) is 1. The molecule has 0 aliphatic carbocycles. The molecule has 2 aliphatic rings. The zero-order valence-corrected chi connectivity index (χ0v) is 22.8. The second-order valence-electron chi connectivity index (χ2n) is 9.67. The third-order valence-electron chi connectivity index (χ3n) is 6.98. The first-order chi connectivity index (χ1) is 18.4. The molecule has 2 atom stereocenters. The van der Waals surface area contributed by atoms with Gasteiger partial charge in [0.05, 0.1) is 36.6 Å². The van der Waals surface area contributed by atoms with E-state index in [0.717, 1.165) is 28.2 Å². The van der Waals surface area contributed by atoms with Gasteiger partial charge < -0.3 is 24.4 Å². The van der Waals surface area contributed by atoms with Crippen LogP contribution in [-0.4, -0.2) is 54.0 Å². The molecule has 1 aromatic heterocycles. The van der Waals surface area contributed by atoms with Crippen molar-refractivity contribution in [1.82, 2.24) is 15.2 Å². The van der Waals surface area contributed by atoms with Crippen molar-refractivity contribution in [2.75, 3.05) is 20.2 Å². The molecule has 0 spiro atoms. The van der Waals surface area contributed by atoms with Crippen LogP contribution in [0.3, 0.4) is 0 Å². The van der Waals surface area contributed by atoms with Gasteiger partial charge in [0.25, 0.3) is 5.91 Å². The number of ether oxygens (including phenoxy) is 3. The third kappa shape index (κ3) is 5.84. The summed E-state index contributed by atoms with van der Waals surface area (Å²) in [5.41, 5.74) is 2.70. The largest absolute Gasteiger partial charge is 0.493 e. The second-order valence-corrected chi connectivity index (χ2v) is 10.8.